The molecule has 3 nitrogen and oxygen atoms in total. The van der Waals surface area contributed by atoms with Crippen molar-refractivity contribution < 1.29 is 9.53 Å². The Balaban J connectivity index is 2.23. The molecule has 0 saturated heterocycles. The average molecular weight is 261 g/mol. The van der Waals surface area contributed by atoms with Crippen molar-refractivity contribution in [1.82, 2.24) is 0 Å². The van der Waals surface area contributed by atoms with Crippen molar-refractivity contribution in [3.63, 3.8) is 0 Å². The van der Waals surface area contributed by atoms with Gasteiger partial charge in [0.05, 0.1) is 12.2 Å². The van der Waals surface area contributed by atoms with Crippen LogP contribution < -0.4 is 5.32 Å². The van der Waals surface area contributed by atoms with E-state index in [4.69, 9.17) is 4.74 Å². The maximum absolute atomic E-state index is 11.8. The van der Waals surface area contributed by atoms with Gasteiger partial charge in [0.15, 0.2) is 0 Å². The van der Waals surface area contributed by atoms with Crippen LogP contribution in [0.25, 0.3) is 0 Å². The van der Waals surface area contributed by atoms with E-state index in [0.717, 1.165) is 18.7 Å². The molecule has 0 radical (unpaired) electrons. The number of nitrogens with one attached hydrogen (secondary N) is 1. The molecule has 0 spiro atoms. The van der Waals surface area contributed by atoms with E-state index in [1.54, 1.807) is 0 Å². The third-order valence-corrected chi connectivity index (χ3v) is 3.85. The first kappa shape index (κ1) is 13.9. The van der Waals surface area contributed by atoms with Gasteiger partial charge < -0.3 is 10.1 Å². The summed E-state index contributed by atoms with van der Waals surface area (Å²) in [6.07, 6.45) is 1.01. The molecule has 1 aromatic carbocycles. The molecular formula is C16H23NO2. The van der Waals surface area contributed by atoms with E-state index in [1.807, 2.05) is 25.1 Å². The van der Waals surface area contributed by atoms with Crippen LogP contribution in [0.2, 0.25) is 0 Å². The molecule has 1 unspecified atom stereocenters. The molecule has 2 rings (SSSR count). The number of benzene rings is 1. The van der Waals surface area contributed by atoms with E-state index in [2.05, 4.69) is 26.1 Å². The number of fused-ring (bicyclic) bond motifs is 1. The fourth-order valence-electron chi connectivity index (χ4n) is 2.46. The van der Waals surface area contributed by atoms with Gasteiger partial charge in [0, 0.05) is 12.2 Å². The molecule has 1 heterocycles. The van der Waals surface area contributed by atoms with Gasteiger partial charge in [-0.25, -0.2) is 4.79 Å². The summed E-state index contributed by atoms with van der Waals surface area (Å²) in [7, 11) is 0. The Kier molecular flexibility index (Phi) is 3.83. The van der Waals surface area contributed by atoms with Gasteiger partial charge in [0.25, 0.3) is 0 Å². The Morgan fingerprint density at radius 2 is 2.16 bits per heavy atom. The average Bonchev–Trinajstić information content (AvgIpc) is 2.36. The summed E-state index contributed by atoms with van der Waals surface area (Å²) < 4.78 is 5.05. The Morgan fingerprint density at radius 3 is 2.79 bits per heavy atom. The second-order valence-electron chi connectivity index (χ2n) is 6.24. The number of hydrogen-bond acceptors (Lipinski definition) is 3. The molecule has 0 aliphatic carbocycles. The molecule has 1 N–H and O–H groups in total. The normalized spacial score (nSPS) is 18.4. The van der Waals surface area contributed by atoms with Gasteiger partial charge in [0.2, 0.25) is 0 Å². The topological polar surface area (TPSA) is 38.3 Å². The first-order valence-corrected chi connectivity index (χ1v) is 6.95. The number of ether oxygens (including phenoxy) is 1. The molecule has 3 heteroatoms. The van der Waals surface area contributed by atoms with Crippen molar-refractivity contribution in [2.45, 2.75) is 34.1 Å². The number of carbonyl (C=O) groups excluding carboxylic acids is 1. The molecule has 1 aromatic rings. The summed E-state index contributed by atoms with van der Waals surface area (Å²) in [5.41, 5.74) is 3.28. The molecule has 1 aliphatic rings. The Bertz CT molecular complexity index is 474. The van der Waals surface area contributed by atoms with Crippen LogP contribution in [0.4, 0.5) is 5.69 Å². The largest absolute Gasteiger partial charge is 0.462 e. The van der Waals surface area contributed by atoms with Crippen LogP contribution in [0.3, 0.4) is 0 Å². The van der Waals surface area contributed by atoms with Crippen molar-refractivity contribution >= 4 is 11.7 Å². The molecule has 0 bridgehead atoms. The van der Waals surface area contributed by atoms with Crippen molar-refractivity contribution in [3.05, 3.63) is 29.3 Å². The fraction of sp³-hybridized carbons (Fsp3) is 0.562. The molecule has 19 heavy (non-hydrogen) atoms. The lowest BCUT2D eigenvalue weighted by Gasteiger charge is -2.35. The number of carbonyl (C=O) groups is 1. The highest BCUT2D eigenvalue weighted by Crippen LogP contribution is 2.35. The van der Waals surface area contributed by atoms with Crippen molar-refractivity contribution in [2.24, 2.45) is 11.3 Å². The summed E-state index contributed by atoms with van der Waals surface area (Å²) in [4.78, 5) is 11.8. The minimum Gasteiger partial charge on any atom is -0.462 e. The highest BCUT2D eigenvalue weighted by Gasteiger charge is 2.28. The number of rotatable bonds is 2. The van der Waals surface area contributed by atoms with Crippen LogP contribution in [-0.2, 0) is 11.2 Å². The zero-order valence-corrected chi connectivity index (χ0v) is 12.2. The second kappa shape index (κ2) is 5.24. The summed E-state index contributed by atoms with van der Waals surface area (Å²) in [5, 5.41) is 3.47. The SMILES string of the molecule is CCOC(=O)c1ccc2c(c1)CC(C(C)(C)C)CN2. The van der Waals surface area contributed by atoms with Gasteiger partial charge in [-0.05, 0) is 48.4 Å². The van der Waals surface area contributed by atoms with Gasteiger partial charge in [-0.1, -0.05) is 20.8 Å². The van der Waals surface area contributed by atoms with Crippen LogP contribution in [0.15, 0.2) is 18.2 Å². The zero-order valence-electron chi connectivity index (χ0n) is 12.2. The Hall–Kier alpha value is -1.51. The number of esters is 1. The zero-order chi connectivity index (χ0) is 14.0. The van der Waals surface area contributed by atoms with Crippen molar-refractivity contribution in [1.29, 1.82) is 0 Å². The molecule has 0 aromatic heterocycles. The van der Waals surface area contributed by atoms with Crippen LogP contribution in [0, 0.1) is 11.3 Å². The predicted octanol–water partition coefficient (Wildman–Crippen LogP) is 3.49. The molecule has 104 valence electrons. The lowest BCUT2D eigenvalue weighted by Crippen LogP contribution is -2.33. The van der Waals surface area contributed by atoms with Crippen LogP contribution >= 0.6 is 0 Å². The summed E-state index contributed by atoms with van der Waals surface area (Å²) in [6.45, 7) is 10.0. The van der Waals surface area contributed by atoms with E-state index < -0.39 is 0 Å². The van der Waals surface area contributed by atoms with E-state index in [9.17, 15) is 4.79 Å². The second-order valence-corrected chi connectivity index (χ2v) is 6.24. The van der Waals surface area contributed by atoms with E-state index in [0.29, 0.717) is 18.1 Å². The highest BCUT2D eigenvalue weighted by molar-refractivity contribution is 5.90. The summed E-state index contributed by atoms with van der Waals surface area (Å²) >= 11 is 0. The van der Waals surface area contributed by atoms with Crippen molar-refractivity contribution in [2.75, 3.05) is 18.5 Å². The van der Waals surface area contributed by atoms with Gasteiger partial charge >= 0.3 is 5.97 Å². The maximum Gasteiger partial charge on any atom is 0.338 e. The van der Waals surface area contributed by atoms with Crippen molar-refractivity contribution in [3.8, 4) is 0 Å². The first-order valence-electron chi connectivity index (χ1n) is 6.95. The minimum absolute atomic E-state index is 0.233. The predicted molar refractivity (Wildman–Crippen MR) is 77.5 cm³/mol. The van der Waals surface area contributed by atoms with Crippen LogP contribution in [0.1, 0.15) is 43.6 Å². The van der Waals surface area contributed by atoms with Crippen LogP contribution in [-0.4, -0.2) is 19.1 Å². The lowest BCUT2D eigenvalue weighted by atomic mass is 9.75. The summed E-state index contributed by atoms with van der Waals surface area (Å²) in [6, 6.07) is 5.79. The summed E-state index contributed by atoms with van der Waals surface area (Å²) in [5.74, 6) is 0.348. The first-order chi connectivity index (χ1) is 8.91. The number of anilines is 1. The smallest absolute Gasteiger partial charge is 0.338 e. The van der Waals surface area contributed by atoms with E-state index >= 15 is 0 Å². The van der Waals surface area contributed by atoms with Gasteiger partial charge in [-0.3, -0.25) is 0 Å². The molecule has 0 saturated carbocycles. The molecule has 0 amide bonds. The van der Waals surface area contributed by atoms with E-state index in [1.165, 1.54) is 5.56 Å². The number of hydrogen-bond donors (Lipinski definition) is 1. The highest BCUT2D eigenvalue weighted by atomic mass is 16.5. The Morgan fingerprint density at radius 1 is 1.42 bits per heavy atom. The minimum atomic E-state index is -0.233. The van der Waals surface area contributed by atoms with Gasteiger partial charge in [-0.2, -0.15) is 0 Å². The third-order valence-electron chi connectivity index (χ3n) is 3.85. The van der Waals surface area contributed by atoms with Gasteiger partial charge in [-0.15, -0.1) is 0 Å². The Labute approximate surface area is 115 Å². The lowest BCUT2D eigenvalue weighted by molar-refractivity contribution is 0.0526. The molecule has 1 atom stereocenters. The monoisotopic (exact) mass is 261 g/mol. The quantitative estimate of drug-likeness (QED) is 0.828. The molecule has 1 aliphatic heterocycles. The maximum atomic E-state index is 11.8. The van der Waals surface area contributed by atoms with E-state index in [-0.39, 0.29) is 11.4 Å². The van der Waals surface area contributed by atoms with Crippen LogP contribution in [0.5, 0.6) is 0 Å². The standard InChI is InChI=1S/C16H23NO2/c1-5-19-15(18)11-6-7-14-12(8-11)9-13(10-17-14)16(2,3)4/h6-8,13,17H,5,9-10H2,1-4H3. The fourth-order valence-corrected chi connectivity index (χ4v) is 2.46. The third kappa shape index (κ3) is 3.09. The molecular weight excluding hydrogens is 238 g/mol. The van der Waals surface area contributed by atoms with Gasteiger partial charge in [0.1, 0.15) is 0 Å². The molecule has 0 fully saturated rings.